The summed E-state index contributed by atoms with van der Waals surface area (Å²) in [6.07, 6.45) is 2.38. The van der Waals surface area contributed by atoms with Crippen molar-refractivity contribution in [1.82, 2.24) is 15.6 Å². The lowest BCUT2D eigenvalue weighted by atomic mass is 9.89. The Morgan fingerprint density at radius 1 is 1.58 bits per heavy atom. The molecule has 1 amide bonds. The number of carbonyl (C=O) groups excluding carboxylic acids is 1. The third kappa shape index (κ3) is 4.08. The Morgan fingerprint density at radius 3 is 3.05 bits per heavy atom. The molecule has 1 aromatic heterocycles. The number of aromatic amines is 1. The van der Waals surface area contributed by atoms with E-state index in [0.29, 0.717) is 19.6 Å². The first kappa shape index (κ1) is 14.1. The highest BCUT2D eigenvalue weighted by atomic mass is 16.5. The number of nitrogens with one attached hydrogen (secondary N) is 3. The van der Waals surface area contributed by atoms with Crippen LogP contribution in [0.3, 0.4) is 0 Å². The fourth-order valence-electron chi connectivity index (χ4n) is 2.21. The van der Waals surface area contributed by atoms with Gasteiger partial charge in [-0.25, -0.2) is 0 Å². The number of amides is 1. The third-order valence-electron chi connectivity index (χ3n) is 3.48. The minimum Gasteiger partial charge on any atom is -0.378 e. The Balaban J connectivity index is 1.76. The molecule has 1 aromatic rings. The minimum atomic E-state index is -0.0876. The van der Waals surface area contributed by atoms with Crippen LogP contribution in [-0.2, 0) is 14.9 Å². The molecule has 0 aliphatic carbocycles. The van der Waals surface area contributed by atoms with Crippen molar-refractivity contribution in [2.45, 2.75) is 31.7 Å². The molecular formula is C14H23N3O2. The number of rotatable bonds is 5. The van der Waals surface area contributed by atoms with Crippen LogP contribution in [0.1, 0.15) is 26.0 Å². The van der Waals surface area contributed by atoms with E-state index in [2.05, 4.69) is 29.5 Å². The Hall–Kier alpha value is -1.33. The summed E-state index contributed by atoms with van der Waals surface area (Å²) in [6, 6.07) is 4.16. The van der Waals surface area contributed by atoms with Gasteiger partial charge in [0.05, 0.1) is 13.2 Å². The highest BCUT2D eigenvalue weighted by Crippen LogP contribution is 2.19. The first-order valence-corrected chi connectivity index (χ1v) is 6.79. The molecule has 1 atom stereocenters. The predicted octanol–water partition coefficient (Wildman–Crippen LogP) is 0.787. The second-order valence-electron chi connectivity index (χ2n) is 5.67. The largest absolute Gasteiger partial charge is 0.378 e. The molecule has 5 heteroatoms. The van der Waals surface area contributed by atoms with Gasteiger partial charge in [0.1, 0.15) is 0 Å². The lowest BCUT2D eigenvalue weighted by molar-refractivity contribution is -0.122. The molecule has 3 N–H and O–H groups in total. The van der Waals surface area contributed by atoms with Crippen LogP contribution >= 0.6 is 0 Å². The second-order valence-corrected chi connectivity index (χ2v) is 5.67. The summed E-state index contributed by atoms with van der Waals surface area (Å²) >= 11 is 0. The lowest BCUT2D eigenvalue weighted by Crippen LogP contribution is -2.45. The van der Waals surface area contributed by atoms with Crippen LogP contribution in [0, 0.1) is 0 Å². The Morgan fingerprint density at radius 2 is 2.42 bits per heavy atom. The number of carbonyl (C=O) groups is 1. The van der Waals surface area contributed by atoms with Gasteiger partial charge in [-0.15, -0.1) is 0 Å². The van der Waals surface area contributed by atoms with Crippen LogP contribution in [-0.4, -0.2) is 43.2 Å². The number of hydrogen-bond donors (Lipinski definition) is 3. The first-order valence-electron chi connectivity index (χ1n) is 6.79. The van der Waals surface area contributed by atoms with Gasteiger partial charge in [0.25, 0.3) is 0 Å². The molecule has 1 saturated heterocycles. The van der Waals surface area contributed by atoms with Crippen molar-refractivity contribution in [2.24, 2.45) is 0 Å². The fraction of sp³-hybridized carbons (Fsp3) is 0.643. The van der Waals surface area contributed by atoms with Gasteiger partial charge < -0.3 is 20.4 Å². The van der Waals surface area contributed by atoms with Crippen molar-refractivity contribution < 1.29 is 9.53 Å². The quantitative estimate of drug-likeness (QED) is 0.737. The van der Waals surface area contributed by atoms with Crippen molar-refractivity contribution in [1.29, 1.82) is 0 Å². The molecule has 1 aliphatic rings. The number of H-pyrrole nitrogens is 1. The van der Waals surface area contributed by atoms with Gasteiger partial charge >= 0.3 is 0 Å². The second kappa shape index (κ2) is 6.21. The van der Waals surface area contributed by atoms with Crippen LogP contribution in [0.15, 0.2) is 18.3 Å². The van der Waals surface area contributed by atoms with E-state index in [-0.39, 0.29) is 17.4 Å². The zero-order valence-corrected chi connectivity index (χ0v) is 11.7. The van der Waals surface area contributed by atoms with Gasteiger partial charge in [-0.1, -0.05) is 13.8 Å². The molecule has 0 spiro atoms. The van der Waals surface area contributed by atoms with E-state index >= 15 is 0 Å². The molecule has 106 valence electrons. The smallest absolute Gasteiger partial charge is 0.221 e. The molecule has 2 rings (SSSR count). The normalized spacial score (nSPS) is 20.2. The van der Waals surface area contributed by atoms with E-state index in [4.69, 9.17) is 4.74 Å². The number of ether oxygens (including phenoxy) is 1. The average Bonchev–Trinajstić information content (AvgIpc) is 2.92. The molecule has 1 fully saturated rings. The van der Waals surface area contributed by atoms with Crippen LogP contribution in [0.2, 0.25) is 0 Å². The van der Waals surface area contributed by atoms with E-state index in [1.165, 1.54) is 0 Å². The van der Waals surface area contributed by atoms with Crippen LogP contribution in [0.5, 0.6) is 0 Å². The zero-order valence-electron chi connectivity index (χ0n) is 11.7. The van der Waals surface area contributed by atoms with Crippen LogP contribution in [0.4, 0.5) is 0 Å². The van der Waals surface area contributed by atoms with Gasteiger partial charge in [-0.05, 0) is 12.1 Å². The molecule has 2 heterocycles. The van der Waals surface area contributed by atoms with Gasteiger partial charge in [0, 0.05) is 42.9 Å². The van der Waals surface area contributed by atoms with E-state index in [1.807, 2.05) is 18.3 Å². The molecule has 1 aliphatic heterocycles. The predicted molar refractivity (Wildman–Crippen MR) is 74.1 cm³/mol. The molecule has 0 bridgehead atoms. The maximum absolute atomic E-state index is 11.9. The summed E-state index contributed by atoms with van der Waals surface area (Å²) < 4.78 is 5.34. The summed E-state index contributed by atoms with van der Waals surface area (Å²) in [7, 11) is 0. The Labute approximate surface area is 114 Å². The molecule has 0 radical (unpaired) electrons. The summed E-state index contributed by atoms with van der Waals surface area (Å²) in [5, 5.41) is 6.29. The van der Waals surface area contributed by atoms with Gasteiger partial charge in [-0.2, -0.15) is 0 Å². The standard InChI is InChI=1S/C14H23N3O2/c1-14(2,12-4-3-5-16-12)10-17-13(18)8-11-9-19-7-6-15-11/h3-5,11,15-16H,6-10H2,1-2H3,(H,17,18). The highest BCUT2D eigenvalue weighted by molar-refractivity contribution is 5.76. The molecule has 0 saturated carbocycles. The molecular weight excluding hydrogens is 242 g/mol. The van der Waals surface area contributed by atoms with Crippen LogP contribution in [0.25, 0.3) is 0 Å². The lowest BCUT2D eigenvalue weighted by Gasteiger charge is -2.26. The van der Waals surface area contributed by atoms with Crippen LogP contribution < -0.4 is 10.6 Å². The highest BCUT2D eigenvalue weighted by Gasteiger charge is 2.23. The van der Waals surface area contributed by atoms with Crippen molar-refractivity contribution in [3.05, 3.63) is 24.0 Å². The van der Waals surface area contributed by atoms with E-state index < -0.39 is 0 Å². The summed E-state index contributed by atoms with van der Waals surface area (Å²) in [5.74, 6) is 0.0719. The molecule has 0 aromatic carbocycles. The van der Waals surface area contributed by atoms with E-state index in [9.17, 15) is 4.79 Å². The van der Waals surface area contributed by atoms with Crippen molar-refractivity contribution in [3.8, 4) is 0 Å². The summed E-state index contributed by atoms with van der Waals surface area (Å²) in [4.78, 5) is 15.1. The van der Waals surface area contributed by atoms with Gasteiger partial charge in [-0.3, -0.25) is 4.79 Å². The van der Waals surface area contributed by atoms with E-state index in [1.54, 1.807) is 0 Å². The van der Waals surface area contributed by atoms with Gasteiger partial charge in [0.15, 0.2) is 0 Å². The molecule has 1 unspecified atom stereocenters. The Kier molecular flexibility index (Phi) is 4.61. The molecule has 5 nitrogen and oxygen atoms in total. The molecule has 19 heavy (non-hydrogen) atoms. The first-order chi connectivity index (χ1) is 9.08. The number of hydrogen-bond acceptors (Lipinski definition) is 3. The minimum absolute atomic E-state index is 0.0719. The van der Waals surface area contributed by atoms with Gasteiger partial charge in [0.2, 0.25) is 5.91 Å². The average molecular weight is 265 g/mol. The SMILES string of the molecule is CC(C)(CNC(=O)CC1COCCN1)c1ccc[nH]1. The zero-order chi connectivity index (χ0) is 13.7. The number of aromatic nitrogens is 1. The third-order valence-corrected chi connectivity index (χ3v) is 3.48. The number of morpholine rings is 1. The van der Waals surface area contributed by atoms with E-state index in [0.717, 1.165) is 18.8 Å². The Bertz CT molecular complexity index is 395. The van der Waals surface area contributed by atoms with Crippen molar-refractivity contribution in [3.63, 3.8) is 0 Å². The topological polar surface area (TPSA) is 66.2 Å². The monoisotopic (exact) mass is 265 g/mol. The summed E-state index contributed by atoms with van der Waals surface area (Å²) in [5.41, 5.74) is 1.04. The van der Waals surface area contributed by atoms with Crippen molar-refractivity contribution in [2.75, 3.05) is 26.3 Å². The van der Waals surface area contributed by atoms with Crippen molar-refractivity contribution >= 4 is 5.91 Å². The maximum atomic E-state index is 11.9. The maximum Gasteiger partial charge on any atom is 0.221 e. The fourth-order valence-corrected chi connectivity index (χ4v) is 2.21. The summed E-state index contributed by atoms with van der Waals surface area (Å²) in [6.45, 7) is 7.03.